The molecule has 0 spiro atoms. The highest BCUT2D eigenvalue weighted by Gasteiger charge is 2.33. The molecule has 0 unspecified atom stereocenters. The number of carbonyl (C=O) groups excluding carboxylic acids is 1. The molecule has 0 fully saturated rings. The highest BCUT2D eigenvalue weighted by atomic mass is 32.1. The second-order valence-electron chi connectivity index (χ2n) is 6.73. The van der Waals surface area contributed by atoms with Gasteiger partial charge in [0, 0.05) is 0 Å². The fraction of sp³-hybridized carbons (Fsp3) is 0.261. The minimum Gasteiger partial charge on any atom is -0.490 e. The molecule has 0 saturated carbocycles. The van der Waals surface area contributed by atoms with E-state index in [9.17, 15) is 9.59 Å². The summed E-state index contributed by atoms with van der Waals surface area (Å²) in [5, 5.41) is 15.5. The van der Waals surface area contributed by atoms with E-state index in [1.54, 1.807) is 25.1 Å². The first-order valence-electron chi connectivity index (χ1n) is 10.1. The molecule has 0 saturated heterocycles. The number of benzene rings is 2. The summed E-state index contributed by atoms with van der Waals surface area (Å²) in [6.07, 6.45) is 0. The first-order valence-corrected chi connectivity index (χ1v) is 10.5. The van der Waals surface area contributed by atoms with Crippen molar-refractivity contribution in [2.24, 2.45) is 0 Å². The van der Waals surface area contributed by atoms with Crippen LogP contribution in [0.1, 0.15) is 31.0 Å². The van der Waals surface area contributed by atoms with Crippen LogP contribution in [0.25, 0.3) is 5.70 Å². The molecule has 32 heavy (non-hydrogen) atoms. The molecule has 2 aromatic carbocycles. The Hall–Kier alpha value is -3.59. The molecule has 2 aromatic rings. The summed E-state index contributed by atoms with van der Waals surface area (Å²) in [5.41, 5.74) is 2.39. The molecule has 0 amide bonds. The van der Waals surface area contributed by atoms with Crippen LogP contribution in [0.3, 0.4) is 0 Å². The monoisotopic (exact) mass is 456 g/mol. The van der Waals surface area contributed by atoms with Crippen LogP contribution in [0.15, 0.2) is 54.1 Å². The Kier molecular flexibility index (Phi) is 7.67. The maximum absolute atomic E-state index is 13.0. The van der Waals surface area contributed by atoms with Crippen molar-refractivity contribution in [2.45, 2.75) is 19.9 Å². The number of ether oxygens (including phenoxy) is 3. The number of rotatable bonds is 9. The molecule has 3 rings (SSSR count). The third-order valence-electron chi connectivity index (χ3n) is 4.58. The zero-order valence-corrected chi connectivity index (χ0v) is 18.5. The third-order valence-corrected chi connectivity index (χ3v) is 4.80. The van der Waals surface area contributed by atoms with E-state index in [2.05, 4.69) is 10.6 Å². The smallest absolute Gasteiger partial charge is 0.341 e. The lowest BCUT2D eigenvalue weighted by Gasteiger charge is -2.31. The Morgan fingerprint density at radius 2 is 1.78 bits per heavy atom. The van der Waals surface area contributed by atoms with Crippen molar-refractivity contribution >= 4 is 35.0 Å². The van der Waals surface area contributed by atoms with Gasteiger partial charge in [-0.3, -0.25) is 0 Å². The molecule has 0 radical (unpaired) electrons. The van der Waals surface area contributed by atoms with Gasteiger partial charge in [0.25, 0.3) is 0 Å². The number of aliphatic carboxylic acids is 1. The summed E-state index contributed by atoms with van der Waals surface area (Å²) < 4.78 is 16.3. The Morgan fingerprint density at radius 1 is 1.03 bits per heavy atom. The number of thiocarbonyl (C=S) groups is 1. The second kappa shape index (κ2) is 10.6. The third kappa shape index (κ3) is 5.36. The van der Waals surface area contributed by atoms with Gasteiger partial charge in [0.1, 0.15) is 0 Å². The summed E-state index contributed by atoms with van der Waals surface area (Å²) in [6, 6.07) is 13.8. The average Bonchev–Trinajstić information content (AvgIpc) is 2.78. The maximum Gasteiger partial charge on any atom is 0.341 e. The lowest BCUT2D eigenvalue weighted by Crippen LogP contribution is -2.45. The van der Waals surface area contributed by atoms with Crippen LogP contribution in [0.5, 0.6) is 11.5 Å². The summed E-state index contributed by atoms with van der Waals surface area (Å²) in [5.74, 6) is -0.925. The SMILES string of the molecule is CCOC(=O)C1=C(c2ccccc2)NC(=S)N[C@H]1c1ccc(OCC(=O)O)c(OCC)c1. The highest BCUT2D eigenvalue weighted by molar-refractivity contribution is 7.80. The van der Waals surface area contributed by atoms with Gasteiger partial charge in [-0.2, -0.15) is 0 Å². The average molecular weight is 457 g/mol. The molecule has 3 N–H and O–H groups in total. The lowest BCUT2D eigenvalue weighted by molar-refractivity contribution is -0.140. The number of esters is 1. The van der Waals surface area contributed by atoms with Gasteiger partial charge in [-0.15, -0.1) is 0 Å². The lowest BCUT2D eigenvalue weighted by atomic mass is 9.92. The molecule has 8 nitrogen and oxygen atoms in total. The maximum atomic E-state index is 13.0. The predicted molar refractivity (Wildman–Crippen MR) is 122 cm³/mol. The van der Waals surface area contributed by atoms with Crippen LogP contribution in [0.4, 0.5) is 0 Å². The number of nitrogens with one attached hydrogen (secondary N) is 2. The van der Waals surface area contributed by atoms with E-state index in [4.69, 9.17) is 31.5 Å². The molecule has 1 aliphatic heterocycles. The molecule has 9 heteroatoms. The number of carbonyl (C=O) groups is 2. The largest absolute Gasteiger partial charge is 0.490 e. The minimum atomic E-state index is -1.10. The molecular weight excluding hydrogens is 432 g/mol. The molecule has 1 atom stereocenters. The topological polar surface area (TPSA) is 106 Å². The van der Waals surface area contributed by atoms with Gasteiger partial charge in [0.05, 0.1) is 30.5 Å². The molecular formula is C23H24N2O6S. The molecule has 1 heterocycles. The summed E-state index contributed by atoms with van der Waals surface area (Å²) >= 11 is 5.41. The number of hydrogen-bond acceptors (Lipinski definition) is 6. The fourth-order valence-corrected chi connectivity index (χ4v) is 3.53. The van der Waals surface area contributed by atoms with Crippen LogP contribution in [0, 0.1) is 0 Å². The van der Waals surface area contributed by atoms with Gasteiger partial charge in [-0.1, -0.05) is 36.4 Å². The van der Waals surface area contributed by atoms with Crippen LogP contribution in [-0.4, -0.2) is 42.0 Å². The van der Waals surface area contributed by atoms with E-state index in [0.29, 0.717) is 40.1 Å². The van der Waals surface area contributed by atoms with Gasteiger partial charge >= 0.3 is 11.9 Å². The van der Waals surface area contributed by atoms with E-state index >= 15 is 0 Å². The van der Waals surface area contributed by atoms with Crippen LogP contribution in [-0.2, 0) is 14.3 Å². The zero-order valence-electron chi connectivity index (χ0n) is 17.7. The Bertz CT molecular complexity index is 1040. The van der Waals surface area contributed by atoms with Crippen molar-refractivity contribution in [1.82, 2.24) is 10.6 Å². The standard InChI is InChI=1S/C23H24N2O6S/c1-3-29-17-12-15(10-11-16(17)31-13-18(26)27)21-19(22(28)30-4-2)20(24-23(32)25-21)14-8-6-5-7-9-14/h5-12,21H,3-4,13H2,1-2H3,(H,26,27)(H2,24,25,32)/t21-/m0/s1. The van der Waals surface area contributed by atoms with Crippen molar-refractivity contribution in [1.29, 1.82) is 0 Å². The Balaban J connectivity index is 2.10. The van der Waals surface area contributed by atoms with Crippen molar-refractivity contribution < 1.29 is 28.9 Å². The van der Waals surface area contributed by atoms with E-state index in [1.807, 2.05) is 37.3 Å². The van der Waals surface area contributed by atoms with E-state index in [0.717, 1.165) is 5.56 Å². The van der Waals surface area contributed by atoms with Crippen LogP contribution < -0.4 is 20.1 Å². The molecule has 0 bridgehead atoms. The number of carboxylic acids is 1. The molecule has 0 aliphatic carbocycles. The first kappa shape index (κ1) is 23.1. The Labute approximate surface area is 191 Å². The summed E-state index contributed by atoms with van der Waals surface area (Å²) in [6.45, 7) is 3.62. The van der Waals surface area contributed by atoms with Crippen molar-refractivity contribution in [2.75, 3.05) is 19.8 Å². The van der Waals surface area contributed by atoms with Crippen LogP contribution >= 0.6 is 12.2 Å². The number of hydrogen-bond donors (Lipinski definition) is 3. The first-order chi connectivity index (χ1) is 15.4. The molecule has 0 aromatic heterocycles. The van der Waals surface area contributed by atoms with Gasteiger partial charge in [0.15, 0.2) is 23.2 Å². The normalized spacial score (nSPS) is 15.4. The summed E-state index contributed by atoms with van der Waals surface area (Å²) in [4.78, 5) is 23.9. The van der Waals surface area contributed by atoms with E-state index in [-0.39, 0.29) is 6.61 Å². The fourth-order valence-electron chi connectivity index (χ4n) is 3.31. The van der Waals surface area contributed by atoms with Gasteiger partial charge in [-0.25, -0.2) is 9.59 Å². The summed E-state index contributed by atoms with van der Waals surface area (Å²) in [7, 11) is 0. The quantitative estimate of drug-likeness (QED) is 0.388. The predicted octanol–water partition coefficient (Wildman–Crippen LogP) is 3.04. The number of carboxylic acid groups (broad SMARTS) is 1. The molecule has 168 valence electrons. The second-order valence-corrected chi connectivity index (χ2v) is 7.14. The van der Waals surface area contributed by atoms with Gasteiger partial charge < -0.3 is 30.0 Å². The van der Waals surface area contributed by atoms with Crippen molar-refractivity contribution in [3.8, 4) is 11.5 Å². The highest BCUT2D eigenvalue weighted by Crippen LogP contribution is 2.36. The van der Waals surface area contributed by atoms with Gasteiger partial charge in [-0.05, 0) is 49.3 Å². The van der Waals surface area contributed by atoms with Crippen LogP contribution in [0.2, 0.25) is 0 Å². The van der Waals surface area contributed by atoms with Crippen molar-refractivity contribution in [3.05, 3.63) is 65.2 Å². The minimum absolute atomic E-state index is 0.216. The Morgan fingerprint density at radius 3 is 2.44 bits per heavy atom. The van der Waals surface area contributed by atoms with Crippen molar-refractivity contribution in [3.63, 3.8) is 0 Å². The van der Waals surface area contributed by atoms with Gasteiger partial charge in [0.2, 0.25) is 0 Å². The zero-order chi connectivity index (χ0) is 23.1. The molecule has 1 aliphatic rings. The van der Waals surface area contributed by atoms with E-state index in [1.165, 1.54) is 0 Å². The van der Waals surface area contributed by atoms with E-state index < -0.39 is 24.6 Å².